The number of rotatable bonds is 5. The Balaban J connectivity index is 1.62. The van der Waals surface area contributed by atoms with Gasteiger partial charge in [-0.1, -0.05) is 50.2 Å². The number of oxime groups is 1. The molecule has 0 radical (unpaired) electrons. The van der Waals surface area contributed by atoms with Gasteiger partial charge in [0.25, 0.3) is 5.69 Å². The molecule has 2 saturated carbocycles. The van der Waals surface area contributed by atoms with Crippen molar-refractivity contribution >= 4 is 44.9 Å². The topological polar surface area (TPSA) is 111 Å². The molecule has 2 bridgehead atoms. The van der Waals surface area contributed by atoms with E-state index in [0.717, 1.165) is 0 Å². The van der Waals surface area contributed by atoms with Gasteiger partial charge in [-0.05, 0) is 52.4 Å². The minimum atomic E-state index is -0.829. The minimum Gasteiger partial charge on any atom is -0.320 e. The second-order valence-corrected chi connectivity index (χ2v) is 10.2. The molecule has 1 amide bonds. The zero-order chi connectivity index (χ0) is 24.0. The number of para-hydroxylation sites is 2. The number of benzene rings is 2. The third-order valence-corrected chi connectivity index (χ3v) is 8.54. The number of nitro groups is 1. The van der Waals surface area contributed by atoms with E-state index >= 15 is 0 Å². The summed E-state index contributed by atoms with van der Waals surface area (Å²) in [6, 6.07) is 13.0. The van der Waals surface area contributed by atoms with Gasteiger partial charge in [-0.3, -0.25) is 14.9 Å². The quantitative estimate of drug-likeness (QED) is 0.312. The normalized spacial score (nSPS) is 26.2. The number of anilines is 1. The molecule has 0 heterocycles. The average molecular weight is 514 g/mol. The minimum absolute atomic E-state index is 0.157. The first-order chi connectivity index (χ1) is 15.5. The van der Waals surface area contributed by atoms with E-state index in [-0.39, 0.29) is 17.3 Å². The highest BCUT2D eigenvalue weighted by molar-refractivity contribution is 9.10. The Morgan fingerprint density at radius 2 is 1.76 bits per heavy atom. The van der Waals surface area contributed by atoms with Crippen LogP contribution in [0.15, 0.2) is 58.2 Å². The lowest BCUT2D eigenvalue weighted by Gasteiger charge is -2.39. The van der Waals surface area contributed by atoms with Gasteiger partial charge in [0, 0.05) is 22.4 Å². The number of carbonyl (C=O) groups is 2. The fourth-order valence-electron chi connectivity index (χ4n) is 5.28. The van der Waals surface area contributed by atoms with Crippen molar-refractivity contribution in [2.24, 2.45) is 21.4 Å². The van der Waals surface area contributed by atoms with Gasteiger partial charge in [-0.15, -0.1) is 0 Å². The molecule has 9 heteroatoms. The molecule has 0 aliphatic heterocycles. The van der Waals surface area contributed by atoms with Gasteiger partial charge in [0.05, 0.1) is 21.6 Å². The van der Waals surface area contributed by atoms with Crippen molar-refractivity contribution in [2.45, 2.75) is 40.0 Å². The Hall–Kier alpha value is -3.07. The fraction of sp³-hybridized carbons (Fsp3) is 0.375. The first-order valence-corrected chi connectivity index (χ1v) is 11.4. The van der Waals surface area contributed by atoms with E-state index in [1.54, 1.807) is 36.4 Å². The van der Waals surface area contributed by atoms with Crippen molar-refractivity contribution in [3.63, 3.8) is 0 Å². The molecule has 0 aromatic heterocycles. The predicted molar refractivity (Wildman–Crippen MR) is 127 cm³/mol. The van der Waals surface area contributed by atoms with Crippen molar-refractivity contribution in [1.82, 2.24) is 0 Å². The van der Waals surface area contributed by atoms with Crippen LogP contribution in [0.5, 0.6) is 0 Å². The molecule has 4 rings (SSSR count). The number of hydrogen-bond donors (Lipinski definition) is 1. The summed E-state index contributed by atoms with van der Waals surface area (Å²) in [6.07, 6.45) is 1.61. The summed E-state index contributed by atoms with van der Waals surface area (Å²) in [5.74, 6) is -0.870. The van der Waals surface area contributed by atoms with Crippen molar-refractivity contribution in [3.8, 4) is 0 Å². The van der Waals surface area contributed by atoms with Gasteiger partial charge < -0.3 is 10.2 Å². The average Bonchev–Trinajstić information content (AvgIpc) is 3.08. The number of hydrogen-bond acceptors (Lipinski definition) is 6. The van der Waals surface area contributed by atoms with E-state index in [9.17, 15) is 19.7 Å². The molecule has 0 spiro atoms. The van der Waals surface area contributed by atoms with Crippen LogP contribution in [0.3, 0.4) is 0 Å². The largest absolute Gasteiger partial charge is 0.366 e. The maximum Gasteiger partial charge on any atom is 0.366 e. The number of nitro benzene ring substituents is 1. The summed E-state index contributed by atoms with van der Waals surface area (Å²) in [7, 11) is 0. The van der Waals surface area contributed by atoms with Crippen LogP contribution in [0, 0.1) is 26.4 Å². The second kappa shape index (κ2) is 8.06. The monoisotopic (exact) mass is 513 g/mol. The lowest BCUT2D eigenvalue weighted by atomic mass is 9.64. The fourth-order valence-corrected chi connectivity index (χ4v) is 5.72. The smallest absolute Gasteiger partial charge is 0.320 e. The molecule has 2 aromatic rings. The predicted octanol–water partition coefficient (Wildman–Crippen LogP) is 5.73. The molecule has 0 saturated heterocycles. The molecule has 2 unspecified atom stereocenters. The Labute approximate surface area is 199 Å². The van der Waals surface area contributed by atoms with Gasteiger partial charge in [0.2, 0.25) is 5.91 Å². The van der Waals surface area contributed by atoms with E-state index < -0.39 is 27.1 Å². The first-order valence-electron chi connectivity index (χ1n) is 10.6. The standard InChI is InChI=1S/C24H24BrN3O5/c1-22(2)23(3)12-13-24(22,21(30)26-17-10-6-7-11-18(17)28(31)32)14-19(23)27-33-20(29)15-8-4-5-9-16(15)25/h4-11H,12-14H2,1-3H3,(H,26,30)/b27-19+. The second-order valence-electron chi connectivity index (χ2n) is 9.34. The lowest BCUT2D eigenvalue weighted by molar-refractivity contribution is -0.383. The van der Waals surface area contributed by atoms with Gasteiger partial charge in [-0.2, -0.15) is 0 Å². The number of halogens is 1. The molecular weight excluding hydrogens is 490 g/mol. The van der Waals surface area contributed by atoms with E-state index in [1.165, 1.54) is 12.1 Å². The van der Waals surface area contributed by atoms with Crippen LogP contribution in [0.2, 0.25) is 0 Å². The Bertz CT molecular complexity index is 1190. The Morgan fingerprint density at radius 1 is 1.09 bits per heavy atom. The van der Waals surface area contributed by atoms with Gasteiger partial charge >= 0.3 is 5.97 Å². The van der Waals surface area contributed by atoms with E-state index in [4.69, 9.17) is 4.84 Å². The lowest BCUT2D eigenvalue weighted by Crippen LogP contribution is -2.43. The summed E-state index contributed by atoms with van der Waals surface area (Å²) in [6.45, 7) is 6.05. The molecule has 2 aromatic carbocycles. The van der Waals surface area contributed by atoms with E-state index in [2.05, 4.69) is 26.4 Å². The maximum absolute atomic E-state index is 13.6. The number of nitrogens with one attached hydrogen (secondary N) is 1. The molecule has 2 atom stereocenters. The van der Waals surface area contributed by atoms with Crippen LogP contribution in [-0.2, 0) is 9.63 Å². The van der Waals surface area contributed by atoms with Crippen LogP contribution >= 0.6 is 15.9 Å². The highest BCUT2D eigenvalue weighted by Gasteiger charge is 2.71. The number of carbonyl (C=O) groups excluding carboxylic acids is 2. The third kappa shape index (κ3) is 3.45. The molecule has 8 nitrogen and oxygen atoms in total. The highest BCUT2D eigenvalue weighted by Crippen LogP contribution is 2.71. The van der Waals surface area contributed by atoms with Crippen molar-refractivity contribution in [3.05, 3.63) is 68.7 Å². The molecule has 172 valence electrons. The van der Waals surface area contributed by atoms with Crippen molar-refractivity contribution in [2.75, 3.05) is 5.32 Å². The zero-order valence-electron chi connectivity index (χ0n) is 18.6. The van der Waals surface area contributed by atoms with Crippen LogP contribution in [0.25, 0.3) is 0 Å². The van der Waals surface area contributed by atoms with Crippen LogP contribution in [0.4, 0.5) is 11.4 Å². The Kier molecular flexibility index (Phi) is 5.64. The molecule has 1 N–H and O–H groups in total. The van der Waals surface area contributed by atoms with Crippen molar-refractivity contribution < 1.29 is 19.3 Å². The van der Waals surface area contributed by atoms with Crippen LogP contribution < -0.4 is 5.32 Å². The highest BCUT2D eigenvalue weighted by atomic mass is 79.9. The third-order valence-electron chi connectivity index (χ3n) is 7.85. The van der Waals surface area contributed by atoms with Crippen molar-refractivity contribution in [1.29, 1.82) is 0 Å². The maximum atomic E-state index is 13.6. The molecular formula is C24H24BrN3O5. The zero-order valence-corrected chi connectivity index (χ0v) is 20.1. The Morgan fingerprint density at radius 3 is 2.45 bits per heavy atom. The van der Waals surface area contributed by atoms with Crippen LogP contribution in [-0.4, -0.2) is 22.5 Å². The summed E-state index contributed by atoms with van der Waals surface area (Å²) in [5.41, 5.74) is -0.778. The summed E-state index contributed by atoms with van der Waals surface area (Å²) >= 11 is 3.34. The summed E-state index contributed by atoms with van der Waals surface area (Å²) < 4.78 is 0.606. The van der Waals surface area contributed by atoms with Gasteiger partial charge in [0.15, 0.2) is 0 Å². The molecule has 33 heavy (non-hydrogen) atoms. The number of nitrogens with zero attached hydrogens (tertiary/aromatic N) is 2. The van der Waals surface area contributed by atoms with E-state index in [1.807, 2.05) is 20.8 Å². The molecule has 2 fully saturated rings. The van der Waals surface area contributed by atoms with Gasteiger partial charge in [0.1, 0.15) is 5.69 Å². The molecule has 2 aliphatic rings. The van der Waals surface area contributed by atoms with Crippen LogP contribution in [0.1, 0.15) is 50.4 Å². The molecule has 2 aliphatic carbocycles. The van der Waals surface area contributed by atoms with Gasteiger partial charge in [-0.25, -0.2) is 4.79 Å². The first kappa shape index (κ1) is 23.1. The SMILES string of the molecule is CC12CCC(C(=O)Nc3ccccc3[N+](=O)[O-])(C/C1=N\OC(=O)c1ccccc1Br)C2(C)C. The van der Waals surface area contributed by atoms with E-state index in [0.29, 0.717) is 35.0 Å². The summed E-state index contributed by atoms with van der Waals surface area (Å²) in [5, 5.41) is 18.4. The number of fused-ring (bicyclic) bond motifs is 2. The summed E-state index contributed by atoms with van der Waals surface area (Å²) in [4.78, 5) is 42.3. The number of amides is 1.